The average Bonchev–Trinajstić information content (AvgIpc) is 2.83. The number of rotatable bonds is 5. The monoisotopic (exact) mass is 378 g/mol. The Morgan fingerprint density at radius 1 is 1.24 bits per heavy atom. The topological polar surface area (TPSA) is 38.0 Å². The van der Waals surface area contributed by atoms with Crippen molar-refractivity contribution in [2.45, 2.75) is 25.1 Å². The van der Waals surface area contributed by atoms with Crippen molar-refractivity contribution in [1.82, 2.24) is 5.43 Å². The van der Waals surface area contributed by atoms with Gasteiger partial charge in [-0.3, -0.25) is 11.3 Å². The smallest absolute Gasteiger partial charge is 0.271 e. The zero-order chi connectivity index (χ0) is 15.5. The largest absolute Gasteiger partial charge is 0.416 e. The van der Waals surface area contributed by atoms with Crippen molar-refractivity contribution in [3.8, 4) is 0 Å². The molecule has 3 N–H and O–H groups in total. The third-order valence-electron chi connectivity index (χ3n) is 3.09. The lowest BCUT2D eigenvalue weighted by atomic mass is 10.0. The van der Waals surface area contributed by atoms with Crippen molar-refractivity contribution >= 4 is 27.3 Å². The van der Waals surface area contributed by atoms with Crippen molar-refractivity contribution in [2.75, 3.05) is 0 Å². The Labute approximate surface area is 133 Å². The number of hydrogen-bond acceptors (Lipinski definition) is 3. The van der Waals surface area contributed by atoms with Crippen LogP contribution in [-0.4, -0.2) is 6.04 Å². The molecule has 1 unspecified atom stereocenters. The minimum atomic E-state index is -4.32. The third-order valence-corrected chi connectivity index (χ3v) is 5.04. The van der Waals surface area contributed by atoms with Gasteiger partial charge in [0.1, 0.15) is 0 Å². The summed E-state index contributed by atoms with van der Waals surface area (Å²) in [6.45, 7) is 0. The van der Waals surface area contributed by atoms with Crippen LogP contribution < -0.4 is 11.3 Å². The van der Waals surface area contributed by atoms with Gasteiger partial charge in [0, 0.05) is 15.4 Å². The molecule has 0 bridgehead atoms. The van der Waals surface area contributed by atoms with E-state index in [9.17, 15) is 13.2 Å². The van der Waals surface area contributed by atoms with Crippen LogP contribution in [0.25, 0.3) is 0 Å². The van der Waals surface area contributed by atoms with E-state index >= 15 is 0 Å². The molecule has 2 rings (SSSR count). The van der Waals surface area contributed by atoms with Gasteiger partial charge in [-0.15, -0.1) is 11.3 Å². The molecule has 1 atom stereocenters. The molecule has 0 saturated heterocycles. The zero-order valence-corrected chi connectivity index (χ0v) is 13.4. The molecule has 0 aliphatic carbocycles. The Bertz CT molecular complexity index is 598. The van der Waals surface area contributed by atoms with Crippen LogP contribution in [0.3, 0.4) is 0 Å². The van der Waals surface area contributed by atoms with Gasteiger partial charge in [0.05, 0.1) is 5.56 Å². The molecule has 0 radical (unpaired) electrons. The van der Waals surface area contributed by atoms with Crippen LogP contribution in [0.15, 0.2) is 40.2 Å². The maximum absolute atomic E-state index is 12.7. The van der Waals surface area contributed by atoms with Gasteiger partial charge in [-0.1, -0.05) is 18.2 Å². The molecule has 0 aliphatic rings. The molecule has 2 aromatic rings. The van der Waals surface area contributed by atoms with Crippen LogP contribution in [0.2, 0.25) is 0 Å². The minimum Gasteiger partial charge on any atom is -0.271 e. The Hall–Kier alpha value is -0.890. The molecule has 1 aromatic heterocycles. The number of benzene rings is 1. The van der Waals surface area contributed by atoms with E-state index in [0.29, 0.717) is 18.4 Å². The maximum atomic E-state index is 12.7. The van der Waals surface area contributed by atoms with E-state index in [0.717, 1.165) is 15.4 Å². The zero-order valence-electron chi connectivity index (χ0n) is 11.0. The summed E-state index contributed by atoms with van der Waals surface area (Å²) in [6.07, 6.45) is -3.23. The average molecular weight is 379 g/mol. The summed E-state index contributed by atoms with van der Waals surface area (Å²) in [5.74, 6) is 5.53. The van der Waals surface area contributed by atoms with Gasteiger partial charge in [0.2, 0.25) is 0 Å². The van der Waals surface area contributed by atoms with E-state index < -0.39 is 11.7 Å². The number of halogens is 4. The molecule has 7 heteroatoms. The molecular formula is C14H14BrF3N2S. The van der Waals surface area contributed by atoms with Gasteiger partial charge in [-0.25, -0.2) is 0 Å². The Morgan fingerprint density at radius 2 is 2.00 bits per heavy atom. The highest BCUT2D eigenvalue weighted by molar-refractivity contribution is 9.10. The summed E-state index contributed by atoms with van der Waals surface area (Å²) in [6, 6.07) is 7.18. The van der Waals surface area contributed by atoms with Crippen molar-refractivity contribution in [1.29, 1.82) is 0 Å². The highest BCUT2D eigenvalue weighted by Gasteiger charge is 2.30. The highest BCUT2D eigenvalue weighted by Crippen LogP contribution is 2.30. The number of thiophene rings is 1. The van der Waals surface area contributed by atoms with E-state index in [1.807, 2.05) is 11.4 Å². The molecular weight excluding hydrogens is 365 g/mol. The normalized spacial score (nSPS) is 13.4. The van der Waals surface area contributed by atoms with E-state index in [4.69, 9.17) is 5.84 Å². The van der Waals surface area contributed by atoms with Crippen LogP contribution in [0.4, 0.5) is 13.2 Å². The van der Waals surface area contributed by atoms with Crippen LogP contribution in [0, 0.1) is 0 Å². The van der Waals surface area contributed by atoms with Gasteiger partial charge in [0.15, 0.2) is 0 Å². The first-order valence-electron chi connectivity index (χ1n) is 6.24. The predicted octanol–water partition coefficient (Wildman–Crippen LogP) is 4.15. The fourth-order valence-corrected chi connectivity index (χ4v) is 3.64. The van der Waals surface area contributed by atoms with E-state index in [1.165, 1.54) is 12.1 Å². The lowest BCUT2D eigenvalue weighted by Crippen LogP contribution is -2.38. The summed E-state index contributed by atoms with van der Waals surface area (Å²) in [7, 11) is 0. The maximum Gasteiger partial charge on any atom is 0.416 e. The van der Waals surface area contributed by atoms with E-state index in [-0.39, 0.29) is 6.04 Å². The lowest BCUT2D eigenvalue weighted by Gasteiger charge is -2.16. The summed E-state index contributed by atoms with van der Waals surface area (Å²) in [5.41, 5.74) is 2.66. The molecule has 0 fully saturated rings. The van der Waals surface area contributed by atoms with Crippen LogP contribution in [0.5, 0.6) is 0 Å². The second-order valence-corrected chi connectivity index (χ2v) is 6.52. The first-order valence-corrected chi connectivity index (χ1v) is 7.91. The minimum absolute atomic E-state index is 0.122. The lowest BCUT2D eigenvalue weighted by molar-refractivity contribution is -0.137. The SMILES string of the molecule is NNC(Cc1cccc(C(F)(F)F)c1)Cc1sccc1Br. The van der Waals surface area contributed by atoms with Crippen molar-refractivity contribution < 1.29 is 13.2 Å². The van der Waals surface area contributed by atoms with Crippen LogP contribution >= 0.6 is 27.3 Å². The fraction of sp³-hybridized carbons (Fsp3) is 0.286. The van der Waals surface area contributed by atoms with Gasteiger partial charge < -0.3 is 0 Å². The number of hydrazine groups is 1. The standard InChI is InChI=1S/C14H14BrF3N2S/c15-12-4-5-21-13(12)8-11(20-19)7-9-2-1-3-10(6-9)14(16,17)18/h1-6,11,20H,7-8,19H2. The number of hydrogen-bond donors (Lipinski definition) is 2. The molecule has 1 aromatic carbocycles. The molecule has 0 amide bonds. The molecule has 0 saturated carbocycles. The van der Waals surface area contributed by atoms with Crippen molar-refractivity contribution in [2.24, 2.45) is 5.84 Å². The second-order valence-electron chi connectivity index (χ2n) is 4.66. The second kappa shape index (κ2) is 6.91. The summed E-state index contributed by atoms with van der Waals surface area (Å²) in [5, 5.41) is 1.96. The van der Waals surface area contributed by atoms with E-state index in [2.05, 4.69) is 21.4 Å². The Kier molecular flexibility index (Phi) is 5.43. The fourth-order valence-electron chi connectivity index (χ4n) is 2.04. The summed E-state index contributed by atoms with van der Waals surface area (Å²) in [4.78, 5) is 1.12. The quantitative estimate of drug-likeness (QED) is 0.605. The van der Waals surface area contributed by atoms with Crippen LogP contribution in [-0.2, 0) is 19.0 Å². The van der Waals surface area contributed by atoms with Gasteiger partial charge >= 0.3 is 6.18 Å². The van der Waals surface area contributed by atoms with Crippen molar-refractivity contribution in [3.63, 3.8) is 0 Å². The molecule has 2 nitrogen and oxygen atoms in total. The van der Waals surface area contributed by atoms with Gasteiger partial charge in [-0.2, -0.15) is 13.2 Å². The molecule has 21 heavy (non-hydrogen) atoms. The Morgan fingerprint density at radius 3 is 2.57 bits per heavy atom. The molecule has 1 heterocycles. The van der Waals surface area contributed by atoms with E-state index in [1.54, 1.807) is 17.4 Å². The molecule has 0 aliphatic heterocycles. The highest BCUT2D eigenvalue weighted by atomic mass is 79.9. The number of nitrogens with two attached hydrogens (primary N) is 1. The Balaban J connectivity index is 2.10. The van der Waals surface area contributed by atoms with Gasteiger partial charge in [-0.05, 0) is 51.8 Å². The number of alkyl halides is 3. The number of nitrogens with one attached hydrogen (secondary N) is 1. The predicted molar refractivity (Wildman–Crippen MR) is 82.0 cm³/mol. The first-order chi connectivity index (χ1) is 9.90. The van der Waals surface area contributed by atoms with Crippen molar-refractivity contribution in [3.05, 3.63) is 56.2 Å². The molecule has 114 valence electrons. The summed E-state index contributed by atoms with van der Waals surface area (Å²) < 4.78 is 39.1. The molecule has 0 spiro atoms. The summed E-state index contributed by atoms with van der Waals surface area (Å²) >= 11 is 5.03. The third kappa shape index (κ3) is 4.54. The first kappa shape index (κ1) is 16.5. The van der Waals surface area contributed by atoms with Crippen LogP contribution in [0.1, 0.15) is 16.0 Å². The van der Waals surface area contributed by atoms with Gasteiger partial charge in [0.25, 0.3) is 0 Å².